The second-order valence-electron chi connectivity index (χ2n) is 6.51. The van der Waals surface area contributed by atoms with E-state index in [-0.39, 0.29) is 17.7 Å². The Bertz CT molecular complexity index is 557. The van der Waals surface area contributed by atoms with E-state index in [2.05, 4.69) is 17.0 Å². The summed E-state index contributed by atoms with van der Waals surface area (Å²) < 4.78 is 7.52. The van der Waals surface area contributed by atoms with Crippen molar-refractivity contribution in [3.63, 3.8) is 0 Å². The van der Waals surface area contributed by atoms with Gasteiger partial charge in [0.2, 0.25) is 0 Å². The van der Waals surface area contributed by atoms with E-state index >= 15 is 0 Å². The maximum absolute atomic E-state index is 12.5. The Balaban J connectivity index is 1.99. The van der Waals surface area contributed by atoms with Gasteiger partial charge in [-0.3, -0.25) is 5.32 Å². The number of hydrogen-bond donors (Lipinski definition) is 1. The summed E-state index contributed by atoms with van der Waals surface area (Å²) >= 11 is 0. The van der Waals surface area contributed by atoms with Crippen LogP contribution in [0, 0.1) is 6.92 Å². The van der Waals surface area contributed by atoms with Gasteiger partial charge in [0, 0.05) is 32.3 Å². The quantitative estimate of drug-likeness (QED) is 0.846. The summed E-state index contributed by atoms with van der Waals surface area (Å²) in [6, 6.07) is 2.03. The summed E-state index contributed by atoms with van der Waals surface area (Å²) in [6.07, 6.45) is 4.36. The molecule has 1 saturated heterocycles. The first kappa shape index (κ1) is 17.5. The Morgan fingerprint density at radius 3 is 2.70 bits per heavy atom. The van der Waals surface area contributed by atoms with E-state index in [9.17, 15) is 4.79 Å². The van der Waals surface area contributed by atoms with Crippen LogP contribution in [0.3, 0.4) is 0 Å². The molecule has 1 fully saturated rings. The third-order valence-corrected chi connectivity index (χ3v) is 4.49. The number of aryl methyl sites for hydroxylation is 1. The SMILES string of the molecule is C=CCC1(OC)CCN(C(=O)Nc2cc(C)nn2C(C)C)CC1. The van der Waals surface area contributed by atoms with Gasteiger partial charge in [0.1, 0.15) is 5.82 Å². The number of methoxy groups -OCH3 is 1. The number of ether oxygens (including phenoxy) is 1. The lowest BCUT2D eigenvalue weighted by Gasteiger charge is -2.40. The second-order valence-corrected chi connectivity index (χ2v) is 6.51. The first-order valence-corrected chi connectivity index (χ1v) is 8.19. The highest BCUT2D eigenvalue weighted by Gasteiger charge is 2.35. The molecule has 2 amide bonds. The van der Waals surface area contributed by atoms with Gasteiger partial charge in [-0.1, -0.05) is 6.08 Å². The molecule has 23 heavy (non-hydrogen) atoms. The van der Waals surface area contributed by atoms with Crippen molar-refractivity contribution in [1.82, 2.24) is 14.7 Å². The molecule has 1 aromatic heterocycles. The Morgan fingerprint density at radius 2 is 2.17 bits per heavy atom. The number of carbonyl (C=O) groups is 1. The van der Waals surface area contributed by atoms with Crippen molar-refractivity contribution in [1.29, 1.82) is 0 Å². The highest BCUT2D eigenvalue weighted by molar-refractivity contribution is 5.88. The minimum atomic E-state index is -0.172. The largest absolute Gasteiger partial charge is 0.378 e. The summed E-state index contributed by atoms with van der Waals surface area (Å²) in [7, 11) is 1.74. The van der Waals surface area contributed by atoms with E-state index in [1.165, 1.54) is 0 Å². The topological polar surface area (TPSA) is 59.4 Å². The van der Waals surface area contributed by atoms with Crippen molar-refractivity contribution in [2.75, 3.05) is 25.5 Å². The highest BCUT2D eigenvalue weighted by Crippen LogP contribution is 2.30. The normalized spacial score (nSPS) is 17.3. The van der Waals surface area contributed by atoms with Gasteiger partial charge in [-0.15, -0.1) is 6.58 Å². The fraction of sp³-hybridized carbons (Fsp3) is 0.647. The minimum absolute atomic E-state index is 0.0740. The molecule has 0 aromatic carbocycles. The monoisotopic (exact) mass is 320 g/mol. The van der Waals surface area contributed by atoms with Crippen LogP contribution in [0.4, 0.5) is 10.6 Å². The number of likely N-dealkylation sites (tertiary alicyclic amines) is 1. The fourth-order valence-corrected chi connectivity index (χ4v) is 3.06. The molecule has 0 saturated carbocycles. The van der Waals surface area contributed by atoms with Gasteiger partial charge in [-0.2, -0.15) is 5.10 Å². The molecular formula is C17H28N4O2. The smallest absolute Gasteiger partial charge is 0.323 e. The van der Waals surface area contributed by atoms with Crippen LogP contribution in [0.15, 0.2) is 18.7 Å². The fourth-order valence-electron chi connectivity index (χ4n) is 3.06. The van der Waals surface area contributed by atoms with Crippen molar-refractivity contribution < 1.29 is 9.53 Å². The van der Waals surface area contributed by atoms with E-state index in [1.807, 2.05) is 42.5 Å². The molecule has 0 unspecified atom stereocenters. The summed E-state index contributed by atoms with van der Waals surface area (Å²) in [5.74, 6) is 0.747. The molecule has 128 valence electrons. The predicted molar refractivity (Wildman–Crippen MR) is 91.7 cm³/mol. The number of hydrogen-bond acceptors (Lipinski definition) is 3. The molecule has 2 rings (SSSR count). The Morgan fingerprint density at radius 1 is 1.52 bits per heavy atom. The molecule has 0 bridgehead atoms. The third kappa shape index (κ3) is 3.93. The van der Waals surface area contributed by atoms with Crippen LogP contribution in [-0.2, 0) is 4.74 Å². The average molecular weight is 320 g/mol. The number of carbonyl (C=O) groups excluding carboxylic acids is 1. The second kappa shape index (κ2) is 7.17. The van der Waals surface area contributed by atoms with Gasteiger partial charge in [-0.25, -0.2) is 9.48 Å². The molecule has 1 N–H and O–H groups in total. The zero-order valence-corrected chi connectivity index (χ0v) is 14.6. The van der Waals surface area contributed by atoms with Crippen molar-refractivity contribution >= 4 is 11.8 Å². The number of anilines is 1. The lowest BCUT2D eigenvalue weighted by Crippen LogP contribution is -2.48. The van der Waals surface area contributed by atoms with Crippen LogP contribution in [0.2, 0.25) is 0 Å². The molecule has 1 aromatic rings. The van der Waals surface area contributed by atoms with Gasteiger partial charge in [0.05, 0.1) is 11.3 Å². The van der Waals surface area contributed by atoms with Gasteiger partial charge < -0.3 is 9.64 Å². The molecule has 1 aliphatic heterocycles. The Labute approximate surface area is 138 Å². The van der Waals surface area contributed by atoms with E-state index in [1.54, 1.807) is 7.11 Å². The number of nitrogens with one attached hydrogen (secondary N) is 1. The minimum Gasteiger partial charge on any atom is -0.378 e. The molecule has 6 heteroatoms. The lowest BCUT2D eigenvalue weighted by atomic mass is 9.88. The standard InChI is InChI=1S/C17H28N4O2/c1-6-7-17(23-5)8-10-20(11-9-17)16(22)18-15-12-14(4)19-21(15)13(2)3/h6,12-13H,1,7-11H2,2-5H3,(H,18,22). The van der Waals surface area contributed by atoms with Gasteiger partial charge in [0.15, 0.2) is 0 Å². The predicted octanol–water partition coefficient (Wildman–Crippen LogP) is 3.36. The van der Waals surface area contributed by atoms with Crippen molar-refractivity contribution in [2.24, 2.45) is 0 Å². The number of aromatic nitrogens is 2. The maximum Gasteiger partial charge on any atom is 0.323 e. The maximum atomic E-state index is 12.5. The Kier molecular flexibility index (Phi) is 5.46. The molecule has 0 radical (unpaired) electrons. The van der Waals surface area contributed by atoms with Crippen LogP contribution >= 0.6 is 0 Å². The Hall–Kier alpha value is -1.82. The molecular weight excluding hydrogens is 292 g/mol. The number of nitrogens with zero attached hydrogens (tertiary/aromatic N) is 3. The zero-order chi connectivity index (χ0) is 17.0. The number of urea groups is 1. The molecule has 0 atom stereocenters. The van der Waals surface area contributed by atoms with Crippen molar-refractivity contribution in [3.05, 3.63) is 24.4 Å². The molecule has 0 aliphatic carbocycles. The van der Waals surface area contributed by atoms with E-state index in [4.69, 9.17) is 4.74 Å². The van der Waals surface area contributed by atoms with Crippen LogP contribution in [0.5, 0.6) is 0 Å². The van der Waals surface area contributed by atoms with E-state index in [0.717, 1.165) is 30.8 Å². The molecule has 1 aliphatic rings. The van der Waals surface area contributed by atoms with Crippen LogP contribution in [0.1, 0.15) is 44.8 Å². The lowest BCUT2D eigenvalue weighted by molar-refractivity contribution is -0.0469. The number of amides is 2. The average Bonchev–Trinajstić information content (AvgIpc) is 2.89. The number of piperidine rings is 1. The molecule has 0 spiro atoms. The summed E-state index contributed by atoms with van der Waals surface area (Å²) in [4.78, 5) is 14.4. The summed E-state index contributed by atoms with van der Waals surface area (Å²) in [5, 5.41) is 7.41. The van der Waals surface area contributed by atoms with E-state index < -0.39 is 0 Å². The van der Waals surface area contributed by atoms with Crippen LogP contribution in [-0.4, -0.2) is 46.5 Å². The van der Waals surface area contributed by atoms with Crippen LogP contribution in [0.25, 0.3) is 0 Å². The zero-order valence-electron chi connectivity index (χ0n) is 14.6. The van der Waals surface area contributed by atoms with Gasteiger partial charge >= 0.3 is 6.03 Å². The van der Waals surface area contributed by atoms with Crippen molar-refractivity contribution in [3.8, 4) is 0 Å². The van der Waals surface area contributed by atoms with Gasteiger partial charge in [-0.05, 0) is 40.0 Å². The first-order chi connectivity index (χ1) is 10.9. The third-order valence-electron chi connectivity index (χ3n) is 4.49. The molecule has 6 nitrogen and oxygen atoms in total. The molecule has 2 heterocycles. The van der Waals surface area contributed by atoms with Crippen LogP contribution < -0.4 is 5.32 Å². The van der Waals surface area contributed by atoms with Gasteiger partial charge in [0.25, 0.3) is 0 Å². The van der Waals surface area contributed by atoms with Crippen molar-refractivity contribution in [2.45, 2.75) is 51.7 Å². The first-order valence-electron chi connectivity index (χ1n) is 8.19. The summed E-state index contributed by atoms with van der Waals surface area (Å²) in [6.45, 7) is 11.2. The van der Waals surface area contributed by atoms with E-state index in [0.29, 0.717) is 13.1 Å². The number of rotatable bonds is 5. The highest BCUT2D eigenvalue weighted by atomic mass is 16.5. The summed E-state index contributed by atoms with van der Waals surface area (Å²) in [5.41, 5.74) is 0.728.